The van der Waals surface area contributed by atoms with Crippen LogP contribution in [0.15, 0.2) is 55.0 Å². The quantitative estimate of drug-likeness (QED) is 0.0819. The minimum absolute atomic E-state index is 0.0753. The number of likely N-dealkylation sites (N-methyl/N-ethyl adjacent to an activating group) is 1. The van der Waals surface area contributed by atoms with E-state index in [1.165, 1.54) is 0 Å². The summed E-state index contributed by atoms with van der Waals surface area (Å²) in [6, 6.07) is 12.4. The van der Waals surface area contributed by atoms with Gasteiger partial charge in [-0.1, -0.05) is 59.1 Å². The Hall–Kier alpha value is -6.29. The smallest absolute Gasteiger partial charge is 0.254 e. The number of piperidine rings is 1. The molecule has 4 aromatic rings. The zero-order valence-corrected chi connectivity index (χ0v) is 45.5. The number of halogens is 1. The normalized spacial score (nSPS) is 22.0. The standard InChI is InChI=1S/C56H74ClN13O5/c1-8-44-50(73)66(6)45-34-60-53(64-47(45)70(44)40-13-9-10-14-40)63-43-18-16-37(29-46(43)74-7)48(71)59-21-11-12-22-67-25-27-68(28-26-67)35-36-19-23-69(24-20-36)54-61-32-39(33-62-54)49(72)65-51-55(2,3)52(56(51,4)5)75-41-17-15-38(31-58)42(57)30-41/h15-18,29-30,32-34,36,40,44,51-52H,8-14,19-28,35H2,1-7H3,(H,59,71)(H,65,72)(H,60,63,64). The number of nitrogens with zero attached hydrogens (tertiary/aromatic N) is 10. The number of aromatic nitrogens is 4. The highest BCUT2D eigenvalue weighted by Gasteiger charge is 2.64. The van der Waals surface area contributed by atoms with Gasteiger partial charge in [0.05, 0.1) is 35.1 Å². The third-order valence-corrected chi connectivity index (χ3v) is 16.8. The largest absolute Gasteiger partial charge is 0.495 e. The first-order valence-electron chi connectivity index (χ1n) is 26.9. The number of piperazine rings is 1. The van der Waals surface area contributed by atoms with Crippen molar-refractivity contribution in [2.45, 2.75) is 117 Å². The van der Waals surface area contributed by atoms with Crippen LogP contribution in [-0.4, -0.2) is 145 Å². The Morgan fingerprint density at radius 3 is 2.24 bits per heavy atom. The van der Waals surface area contributed by atoms with Crippen LogP contribution in [0.3, 0.4) is 0 Å². The van der Waals surface area contributed by atoms with Gasteiger partial charge in [-0.25, -0.2) is 15.0 Å². The summed E-state index contributed by atoms with van der Waals surface area (Å²) in [5.74, 6) is 3.26. The third-order valence-electron chi connectivity index (χ3n) is 16.5. The van der Waals surface area contributed by atoms with Gasteiger partial charge in [0.15, 0.2) is 5.82 Å². The Balaban J connectivity index is 0.660. The molecule has 0 bridgehead atoms. The molecule has 0 spiro atoms. The van der Waals surface area contributed by atoms with Crippen LogP contribution in [0.4, 0.5) is 29.1 Å². The lowest BCUT2D eigenvalue weighted by Crippen LogP contribution is -2.74. The van der Waals surface area contributed by atoms with Crippen molar-refractivity contribution in [3.8, 4) is 17.6 Å². The molecule has 2 saturated heterocycles. The maximum absolute atomic E-state index is 13.5. The Labute approximate surface area is 446 Å². The summed E-state index contributed by atoms with van der Waals surface area (Å²) in [5, 5.41) is 19.2. The molecule has 18 nitrogen and oxygen atoms in total. The van der Waals surface area contributed by atoms with Crippen LogP contribution in [0.25, 0.3) is 0 Å². The average Bonchev–Trinajstić information content (AvgIpc) is 3.97. The minimum atomic E-state index is -0.378. The second-order valence-corrected chi connectivity index (χ2v) is 22.6. The van der Waals surface area contributed by atoms with Crippen molar-refractivity contribution in [3.63, 3.8) is 0 Å². The number of carbonyl (C=O) groups excluding carboxylic acids is 3. The number of rotatable bonds is 18. The highest BCUT2D eigenvalue weighted by atomic mass is 35.5. The van der Waals surface area contributed by atoms with E-state index in [-0.39, 0.29) is 52.8 Å². The van der Waals surface area contributed by atoms with Gasteiger partial charge in [0.25, 0.3) is 11.8 Å². The number of hydrogen-bond donors (Lipinski definition) is 3. The molecule has 2 saturated carbocycles. The van der Waals surface area contributed by atoms with Gasteiger partial charge >= 0.3 is 0 Å². The Kier molecular flexibility index (Phi) is 16.3. The molecule has 4 fully saturated rings. The highest BCUT2D eigenvalue weighted by molar-refractivity contribution is 6.31. The molecule has 3 amide bonds. The summed E-state index contributed by atoms with van der Waals surface area (Å²) in [6.45, 7) is 19.0. The van der Waals surface area contributed by atoms with Gasteiger partial charge < -0.3 is 49.9 Å². The molecule has 9 rings (SSSR count). The third kappa shape index (κ3) is 11.5. The lowest BCUT2D eigenvalue weighted by Gasteiger charge is -2.63. The van der Waals surface area contributed by atoms with Crippen molar-refractivity contribution < 1.29 is 23.9 Å². The molecule has 5 heterocycles. The molecular formula is C56H74ClN13O5. The maximum atomic E-state index is 13.5. The lowest BCUT2D eigenvalue weighted by molar-refractivity contribution is -0.164. The molecule has 1 atom stereocenters. The second kappa shape index (κ2) is 22.9. The molecule has 5 aliphatic rings. The number of hydrogen-bond acceptors (Lipinski definition) is 15. The van der Waals surface area contributed by atoms with Gasteiger partial charge in [-0.3, -0.25) is 14.4 Å². The number of anilines is 5. The fourth-order valence-corrected chi connectivity index (χ4v) is 12.8. The Morgan fingerprint density at radius 1 is 0.867 bits per heavy atom. The van der Waals surface area contributed by atoms with Crippen LogP contribution in [0, 0.1) is 28.1 Å². The molecule has 400 valence electrons. The monoisotopic (exact) mass is 1040 g/mol. The fourth-order valence-electron chi connectivity index (χ4n) is 12.6. The number of benzene rings is 2. The molecule has 2 aliphatic carbocycles. The topological polar surface area (TPSA) is 197 Å². The van der Waals surface area contributed by atoms with Gasteiger partial charge in [-0.15, -0.1) is 0 Å². The highest BCUT2D eigenvalue weighted by Crippen LogP contribution is 2.55. The SMILES string of the molecule is CCC1C(=O)N(C)c2cnc(Nc3ccc(C(=O)NCCCCN4CCN(CC5CCN(c6ncc(C(=O)NC7C(C)(C)C(Oc8ccc(C#N)c(Cl)c8)C7(C)C)cn6)CC5)CC4)cc3OC)nc2N1C1CCCC1. The van der Waals surface area contributed by atoms with Crippen LogP contribution < -0.4 is 40.1 Å². The molecule has 2 aromatic heterocycles. The van der Waals surface area contributed by atoms with Crippen LogP contribution in [-0.2, 0) is 4.79 Å². The van der Waals surface area contributed by atoms with Gasteiger partial charge in [0, 0.05) is 106 Å². The molecule has 3 N–H and O–H groups in total. The zero-order valence-electron chi connectivity index (χ0n) is 44.7. The van der Waals surface area contributed by atoms with Crippen LogP contribution in [0.5, 0.6) is 11.5 Å². The van der Waals surface area contributed by atoms with Gasteiger partial charge in [0.1, 0.15) is 35.4 Å². The first-order chi connectivity index (χ1) is 36.1. The van der Waals surface area contributed by atoms with Crippen LogP contribution in [0.2, 0.25) is 5.02 Å². The van der Waals surface area contributed by atoms with Crippen molar-refractivity contribution in [2.24, 2.45) is 16.7 Å². The van der Waals surface area contributed by atoms with Crippen LogP contribution >= 0.6 is 11.6 Å². The van der Waals surface area contributed by atoms with E-state index in [0.29, 0.717) is 75.4 Å². The number of ether oxygens (including phenoxy) is 2. The number of methoxy groups -OCH3 is 1. The average molecular weight is 1040 g/mol. The predicted molar refractivity (Wildman–Crippen MR) is 291 cm³/mol. The summed E-state index contributed by atoms with van der Waals surface area (Å²) >= 11 is 6.27. The van der Waals surface area contributed by atoms with Crippen molar-refractivity contribution in [2.75, 3.05) is 93.1 Å². The molecule has 0 radical (unpaired) electrons. The second-order valence-electron chi connectivity index (χ2n) is 22.2. The number of nitriles is 1. The van der Waals surface area contributed by atoms with E-state index in [9.17, 15) is 19.6 Å². The summed E-state index contributed by atoms with van der Waals surface area (Å²) in [7, 11) is 3.38. The fraction of sp³-hybridized carbons (Fsp3) is 0.571. The van der Waals surface area contributed by atoms with Gasteiger partial charge in [0.2, 0.25) is 17.8 Å². The van der Waals surface area contributed by atoms with Crippen molar-refractivity contribution in [1.29, 1.82) is 5.26 Å². The van der Waals surface area contributed by atoms with Crippen molar-refractivity contribution >= 4 is 58.4 Å². The van der Waals surface area contributed by atoms with E-state index in [2.05, 4.69) is 91.2 Å². The summed E-state index contributed by atoms with van der Waals surface area (Å²) in [4.78, 5) is 70.1. The van der Waals surface area contributed by atoms with E-state index in [4.69, 9.17) is 26.1 Å². The Bertz CT molecular complexity index is 2710. The van der Waals surface area contributed by atoms with Gasteiger partial charge in [-0.2, -0.15) is 10.2 Å². The van der Waals surface area contributed by atoms with E-state index < -0.39 is 0 Å². The number of fused-ring (bicyclic) bond motifs is 1. The first kappa shape index (κ1) is 53.5. The van der Waals surface area contributed by atoms with Gasteiger partial charge in [-0.05, 0) is 87.7 Å². The van der Waals surface area contributed by atoms with E-state index in [1.54, 1.807) is 68.0 Å². The Morgan fingerprint density at radius 2 is 1.57 bits per heavy atom. The van der Waals surface area contributed by atoms with E-state index >= 15 is 0 Å². The summed E-state index contributed by atoms with van der Waals surface area (Å²) < 4.78 is 12.1. The van der Waals surface area contributed by atoms with Crippen LogP contribution in [0.1, 0.15) is 119 Å². The van der Waals surface area contributed by atoms with Crippen molar-refractivity contribution in [3.05, 3.63) is 76.7 Å². The molecule has 3 aliphatic heterocycles. The lowest BCUT2D eigenvalue weighted by atomic mass is 9.49. The molecular weight excluding hydrogens is 970 g/mol. The zero-order chi connectivity index (χ0) is 53.0. The maximum Gasteiger partial charge on any atom is 0.254 e. The minimum Gasteiger partial charge on any atom is -0.495 e. The predicted octanol–water partition coefficient (Wildman–Crippen LogP) is 7.70. The number of carbonyl (C=O) groups is 3. The van der Waals surface area contributed by atoms with E-state index in [0.717, 1.165) is 110 Å². The summed E-state index contributed by atoms with van der Waals surface area (Å²) in [6.07, 6.45) is 13.9. The van der Waals surface area contributed by atoms with Crippen molar-refractivity contribution in [1.82, 2.24) is 40.4 Å². The van der Waals surface area contributed by atoms with E-state index in [1.807, 2.05) is 6.07 Å². The molecule has 2 aromatic carbocycles. The number of amides is 3. The first-order valence-corrected chi connectivity index (χ1v) is 27.3. The number of unbranched alkanes of at least 4 members (excludes halogenated alkanes) is 1. The molecule has 19 heteroatoms. The molecule has 1 unspecified atom stereocenters. The number of nitrogens with one attached hydrogen (secondary N) is 3. The molecule has 75 heavy (non-hydrogen) atoms. The summed E-state index contributed by atoms with van der Waals surface area (Å²) in [5.41, 5.74) is 1.94.